The Bertz CT molecular complexity index is 633. The summed E-state index contributed by atoms with van der Waals surface area (Å²) in [5, 5.41) is 10.9. The lowest BCUT2D eigenvalue weighted by Gasteiger charge is -2.23. The molecule has 0 unspecified atom stereocenters. The van der Waals surface area contributed by atoms with Gasteiger partial charge in [0.1, 0.15) is 13.1 Å². The smallest absolute Gasteiger partial charge is 0.325 e. The van der Waals surface area contributed by atoms with Gasteiger partial charge in [-0.05, 0) is 11.5 Å². The lowest BCUT2D eigenvalue weighted by molar-refractivity contribution is -0.139. The minimum atomic E-state index is -0.998. The van der Waals surface area contributed by atoms with Crippen molar-refractivity contribution in [2.45, 2.75) is 0 Å². The number of carbonyl (C=O) groups excluding carboxylic acids is 1. The van der Waals surface area contributed by atoms with Gasteiger partial charge in [-0.1, -0.05) is 36.4 Å². The fourth-order valence-electron chi connectivity index (χ4n) is 2.09. The Labute approximate surface area is 116 Å². The SMILES string of the molecule is COC(=O)CN(CC(=O)O)c1cccc2ccccc12. The molecule has 104 valence electrons. The van der Waals surface area contributed by atoms with Gasteiger partial charge >= 0.3 is 11.9 Å². The number of benzene rings is 2. The minimum Gasteiger partial charge on any atom is -0.480 e. The normalized spacial score (nSPS) is 10.2. The lowest BCUT2D eigenvalue weighted by Crippen LogP contribution is -2.35. The third-order valence-electron chi connectivity index (χ3n) is 2.98. The number of nitrogens with zero attached hydrogens (tertiary/aromatic N) is 1. The number of fused-ring (bicyclic) bond motifs is 1. The van der Waals surface area contributed by atoms with Gasteiger partial charge in [0, 0.05) is 11.1 Å². The summed E-state index contributed by atoms with van der Waals surface area (Å²) >= 11 is 0. The summed E-state index contributed by atoms with van der Waals surface area (Å²) in [6.45, 7) is -0.361. The predicted molar refractivity (Wildman–Crippen MR) is 75.8 cm³/mol. The van der Waals surface area contributed by atoms with Crippen LogP contribution in [0.1, 0.15) is 0 Å². The van der Waals surface area contributed by atoms with Gasteiger partial charge in [-0.3, -0.25) is 9.59 Å². The molecule has 0 aromatic heterocycles. The van der Waals surface area contributed by atoms with E-state index in [1.165, 1.54) is 12.0 Å². The molecule has 0 atom stereocenters. The number of rotatable bonds is 5. The zero-order chi connectivity index (χ0) is 14.5. The molecule has 0 saturated heterocycles. The summed E-state index contributed by atoms with van der Waals surface area (Å²) < 4.78 is 4.62. The number of anilines is 1. The van der Waals surface area contributed by atoms with Crippen LogP contribution in [0.3, 0.4) is 0 Å². The molecule has 0 amide bonds. The van der Waals surface area contributed by atoms with E-state index in [9.17, 15) is 9.59 Å². The Morgan fingerprint density at radius 3 is 2.50 bits per heavy atom. The van der Waals surface area contributed by atoms with Crippen LogP contribution in [0.15, 0.2) is 42.5 Å². The van der Waals surface area contributed by atoms with Gasteiger partial charge in [-0.15, -0.1) is 0 Å². The Balaban J connectivity index is 2.44. The Kier molecular flexibility index (Phi) is 4.20. The predicted octanol–water partition coefficient (Wildman–Crippen LogP) is 1.90. The molecule has 0 spiro atoms. The summed E-state index contributed by atoms with van der Waals surface area (Å²) in [4.78, 5) is 23.9. The van der Waals surface area contributed by atoms with E-state index >= 15 is 0 Å². The second-order valence-electron chi connectivity index (χ2n) is 4.32. The number of carboxylic acids is 1. The number of hydrogen-bond acceptors (Lipinski definition) is 4. The Morgan fingerprint density at radius 1 is 1.10 bits per heavy atom. The fraction of sp³-hybridized carbons (Fsp3) is 0.200. The van der Waals surface area contributed by atoms with Crippen molar-refractivity contribution in [1.82, 2.24) is 0 Å². The highest BCUT2D eigenvalue weighted by Gasteiger charge is 2.17. The molecule has 0 aliphatic carbocycles. The molecule has 5 heteroatoms. The van der Waals surface area contributed by atoms with Crippen LogP contribution in [-0.4, -0.2) is 37.2 Å². The molecule has 0 aliphatic heterocycles. The first-order chi connectivity index (χ1) is 9.61. The van der Waals surface area contributed by atoms with Crippen molar-refractivity contribution in [3.8, 4) is 0 Å². The molecule has 0 radical (unpaired) electrons. The average Bonchev–Trinajstić information content (AvgIpc) is 2.45. The number of carboxylic acid groups (broad SMARTS) is 1. The molecule has 2 aromatic rings. The highest BCUT2D eigenvalue weighted by molar-refractivity contribution is 5.96. The molecular formula is C15H15NO4. The van der Waals surface area contributed by atoms with Crippen LogP contribution in [-0.2, 0) is 14.3 Å². The zero-order valence-corrected chi connectivity index (χ0v) is 11.1. The van der Waals surface area contributed by atoms with E-state index in [0.29, 0.717) is 5.69 Å². The molecule has 1 N–H and O–H groups in total. The maximum absolute atomic E-state index is 11.5. The average molecular weight is 273 g/mol. The van der Waals surface area contributed by atoms with E-state index in [2.05, 4.69) is 4.74 Å². The minimum absolute atomic E-state index is 0.100. The van der Waals surface area contributed by atoms with Crippen molar-refractivity contribution in [3.05, 3.63) is 42.5 Å². The van der Waals surface area contributed by atoms with Crippen LogP contribution < -0.4 is 4.90 Å². The van der Waals surface area contributed by atoms with Gasteiger partial charge in [0.05, 0.1) is 7.11 Å². The molecule has 5 nitrogen and oxygen atoms in total. The first kappa shape index (κ1) is 13.9. The van der Waals surface area contributed by atoms with Crippen molar-refractivity contribution in [2.24, 2.45) is 0 Å². The topological polar surface area (TPSA) is 66.8 Å². The molecule has 2 aromatic carbocycles. The van der Waals surface area contributed by atoms with Gasteiger partial charge in [0.15, 0.2) is 0 Å². The maximum Gasteiger partial charge on any atom is 0.325 e. The summed E-state index contributed by atoms with van der Waals surface area (Å²) in [6, 6.07) is 13.2. The van der Waals surface area contributed by atoms with Crippen LogP contribution in [0.5, 0.6) is 0 Å². The monoisotopic (exact) mass is 273 g/mol. The van der Waals surface area contributed by atoms with Crippen molar-refractivity contribution in [1.29, 1.82) is 0 Å². The maximum atomic E-state index is 11.5. The summed E-state index contributed by atoms with van der Waals surface area (Å²) in [7, 11) is 1.28. The molecule has 0 fully saturated rings. The molecule has 2 rings (SSSR count). The summed E-state index contributed by atoms with van der Waals surface area (Å²) in [6.07, 6.45) is 0. The van der Waals surface area contributed by atoms with Gasteiger partial charge in [-0.25, -0.2) is 0 Å². The van der Waals surface area contributed by atoms with Gasteiger partial charge in [0.25, 0.3) is 0 Å². The first-order valence-corrected chi connectivity index (χ1v) is 6.13. The van der Waals surface area contributed by atoms with Crippen LogP contribution in [0.4, 0.5) is 5.69 Å². The van der Waals surface area contributed by atoms with Crippen molar-refractivity contribution >= 4 is 28.4 Å². The zero-order valence-electron chi connectivity index (χ0n) is 11.1. The molecule has 20 heavy (non-hydrogen) atoms. The quantitative estimate of drug-likeness (QED) is 0.843. The first-order valence-electron chi connectivity index (χ1n) is 6.13. The van der Waals surface area contributed by atoms with Crippen LogP contribution in [0.2, 0.25) is 0 Å². The number of aliphatic carboxylic acids is 1. The van der Waals surface area contributed by atoms with Gasteiger partial charge in [-0.2, -0.15) is 0 Å². The van der Waals surface area contributed by atoms with Gasteiger partial charge < -0.3 is 14.7 Å². The molecule has 0 saturated carbocycles. The molecular weight excluding hydrogens is 258 g/mol. The summed E-state index contributed by atoms with van der Waals surface area (Å²) in [5.74, 6) is -1.47. The van der Waals surface area contributed by atoms with E-state index in [1.807, 2.05) is 36.4 Å². The molecule has 0 bridgehead atoms. The van der Waals surface area contributed by atoms with Crippen molar-refractivity contribution < 1.29 is 19.4 Å². The second-order valence-corrected chi connectivity index (χ2v) is 4.32. The largest absolute Gasteiger partial charge is 0.480 e. The lowest BCUT2D eigenvalue weighted by atomic mass is 10.1. The van der Waals surface area contributed by atoms with E-state index in [-0.39, 0.29) is 13.1 Å². The number of ether oxygens (including phenoxy) is 1. The fourth-order valence-corrected chi connectivity index (χ4v) is 2.09. The van der Waals surface area contributed by atoms with E-state index in [0.717, 1.165) is 10.8 Å². The summed E-state index contributed by atoms with van der Waals surface area (Å²) in [5.41, 5.74) is 0.705. The number of carbonyl (C=O) groups is 2. The van der Waals surface area contributed by atoms with E-state index in [1.54, 1.807) is 6.07 Å². The van der Waals surface area contributed by atoms with Crippen molar-refractivity contribution in [3.63, 3.8) is 0 Å². The Morgan fingerprint density at radius 2 is 1.80 bits per heavy atom. The third kappa shape index (κ3) is 3.06. The van der Waals surface area contributed by atoms with Crippen molar-refractivity contribution in [2.75, 3.05) is 25.1 Å². The highest BCUT2D eigenvalue weighted by Crippen LogP contribution is 2.26. The number of esters is 1. The van der Waals surface area contributed by atoms with Gasteiger partial charge in [0.2, 0.25) is 0 Å². The highest BCUT2D eigenvalue weighted by atomic mass is 16.5. The number of methoxy groups -OCH3 is 1. The van der Waals surface area contributed by atoms with E-state index < -0.39 is 11.9 Å². The van der Waals surface area contributed by atoms with Crippen LogP contribution >= 0.6 is 0 Å². The van der Waals surface area contributed by atoms with Crippen LogP contribution in [0, 0.1) is 0 Å². The molecule has 0 heterocycles. The third-order valence-corrected chi connectivity index (χ3v) is 2.98. The van der Waals surface area contributed by atoms with Crippen LogP contribution in [0.25, 0.3) is 10.8 Å². The Hall–Kier alpha value is -2.56. The second kappa shape index (κ2) is 6.06. The molecule has 0 aliphatic rings. The standard InChI is InChI=1S/C15H15NO4/c1-20-15(19)10-16(9-14(17)18)13-8-4-6-11-5-2-3-7-12(11)13/h2-8H,9-10H2,1H3,(H,17,18). The van der Waals surface area contributed by atoms with E-state index in [4.69, 9.17) is 5.11 Å². The number of hydrogen-bond donors (Lipinski definition) is 1.